The largest absolute Gasteiger partial charge is 0.466 e. The normalized spacial score (nSPS) is 18.2. The van der Waals surface area contributed by atoms with Crippen molar-refractivity contribution in [3.8, 4) is 0 Å². The number of nitrogens with one attached hydrogen (secondary N) is 1. The first-order valence-electron chi connectivity index (χ1n) is 10.1. The molecular weight excluding hydrogens is 398 g/mol. The lowest BCUT2D eigenvalue weighted by Gasteiger charge is -2.29. The Morgan fingerprint density at radius 1 is 1.03 bits per heavy atom. The van der Waals surface area contributed by atoms with Crippen LogP contribution in [-0.2, 0) is 43.0 Å². The molecule has 1 saturated heterocycles. The molecule has 2 atom stereocenters. The molecule has 2 unspecified atom stereocenters. The Labute approximate surface area is 176 Å². The number of hydroxylamine groups is 1. The molecular formula is C20H31NO9. The lowest BCUT2D eigenvalue weighted by atomic mass is 10.1. The quantitative estimate of drug-likeness (QED) is 0.143. The Balaban J connectivity index is 2.12. The number of hydrogen-bond acceptors (Lipinski definition) is 10. The molecule has 0 aromatic carbocycles. The predicted octanol–water partition coefficient (Wildman–Crippen LogP) is 1.72. The monoisotopic (exact) mass is 429 g/mol. The second-order valence-corrected chi connectivity index (χ2v) is 6.71. The van der Waals surface area contributed by atoms with Gasteiger partial charge in [0.15, 0.2) is 0 Å². The van der Waals surface area contributed by atoms with Crippen LogP contribution < -0.4 is 5.48 Å². The second kappa shape index (κ2) is 15.4. The number of ether oxygens (including phenoxy) is 4. The molecule has 30 heavy (non-hydrogen) atoms. The Kier molecular flexibility index (Phi) is 13.1. The molecule has 1 fully saturated rings. The molecule has 10 heteroatoms. The predicted molar refractivity (Wildman–Crippen MR) is 104 cm³/mol. The highest BCUT2D eigenvalue weighted by atomic mass is 16.7. The maximum atomic E-state index is 11.9. The number of carbonyl (C=O) groups is 4. The van der Waals surface area contributed by atoms with Gasteiger partial charge < -0.3 is 23.8 Å². The van der Waals surface area contributed by atoms with E-state index in [9.17, 15) is 19.2 Å². The van der Waals surface area contributed by atoms with Crippen LogP contribution in [0, 0.1) is 0 Å². The molecule has 0 bridgehead atoms. The molecule has 0 aromatic rings. The molecule has 0 radical (unpaired) electrons. The van der Waals surface area contributed by atoms with Gasteiger partial charge in [0.25, 0.3) is 0 Å². The highest BCUT2D eigenvalue weighted by Crippen LogP contribution is 2.17. The lowest BCUT2D eigenvalue weighted by molar-refractivity contribution is -0.178. The van der Waals surface area contributed by atoms with Crippen molar-refractivity contribution in [2.75, 3.05) is 19.8 Å². The van der Waals surface area contributed by atoms with Crippen molar-refractivity contribution in [1.82, 2.24) is 5.48 Å². The molecule has 1 heterocycles. The van der Waals surface area contributed by atoms with Crippen LogP contribution in [0.5, 0.6) is 0 Å². The Bertz CT molecular complexity index is 579. The molecule has 0 aliphatic carbocycles. The zero-order valence-electron chi connectivity index (χ0n) is 17.4. The third-order valence-electron chi connectivity index (χ3n) is 4.10. The van der Waals surface area contributed by atoms with Gasteiger partial charge in [0.05, 0.1) is 19.8 Å². The first-order valence-corrected chi connectivity index (χ1v) is 10.1. The average Bonchev–Trinajstić information content (AvgIpc) is 2.71. The minimum absolute atomic E-state index is 0.182. The fourth-order valence-corrected chi connectivity index (χ4v) is 2.57. The third-order valence-corrected chi connectivity index (χ3v) is 4.10. The van der Waals surface area contributed by atoms with E-state index >= 15 is 0 Å². The summed E-state index contributed by atoms with van der Waals surface area (Å²) < 4.78 is 20.5. The van der Waals surface area contributed by atoms with E-state index in [4.69, 9.17) is 23.8 Å². The summed E-state index contributed by atoms with van der Waals surface area (Å²) >= 11 is 0. The van der Waals surface area contributed by atoms with Crippen molar-refractivity contribution < 1.29 is 43.0 Å². The highest BCUT2D eigenvalue weighted by Gasteiger charge is 2.26. The molecule has 1 aliphatic rings. The number of unbranched alkanes of at least 4 members (excludes halogenated alkanes) is 2. The number of carbonyl (C=O) groups excluding carboxylic acids is 4. The zero-order chi connectivity index (χ0) is 22.2. The fourth-order valence-electron chi connectivity index (χ4n) is 2.57. The van der Waals surface area contributed by atoms with Crippen molar-refractivity contribution in [2.24, 2.45) is 0 Å². The summed E-state index contributed by atoms with van der Waals surface area (Å²) in [6.45, 7) is 5.50. The van der Waals surface area contributed by atoms with Gasteiger partial charge in [-0.2, -0.15) is 0 Å². The first-order chi connectivity index (χ1) is 14.4. The molecule has 1 aliphatic heterocycles. The third kappa shape index (κ3) is 12.9. The summed E-state index contributed by atoms with van der Waals surface area (Å²) in [7, 11) is 0. The van der Waals surface area contributed by atoms with Crippen LogP contribution >= 0.6 is 0 Å². The smallest absolute Gasteiger partial charge is 0.330 e. The Morgan fingerprint density at radius 2 is 1.70 bits per heavy atom. The van der Waals surface area contributed by atoms with E-state index in [0.717, 1.165) is 6.08 Å². The Morgan fingerprint density at radius 3 is 2.37 bits per heavy atom. The summed E-state index contributed by atoms with van der Waals surface area (Å²) in [5.41, 5.74) is 2.55. The van der Waals surface area contributed by atoms with E-state index in [2.05, 4.69) is 12.1 Å². The van der Waals surface area contributed by atoms with Gasteiger partial charge in [-0.05, 0) is 25.7 Å². The lowest BCUT2D eigenvalue weighted by Crippen LogP contribution is -2.42. The average molecular weight is 429 g/mol. The zero-order valence-corrected chi connectivity index (χ0v) is 17.4. The summed E-state index contributed by atoms with van der Waals surface area (Å²) in [6.07, 6.45) is 3.75. The van der Waals surface area contributed by atoms with Crippen LogP contribution in [-0.4, -0.2) is 56.0 Å². The van der Waals surface area contributed by atoms with Crippen molar-refractivity contribution in [3.63, 3.8) is 0 Å². The van der Waals surface area contributed by atoms with Crippen LogP contribution in [0.1, 0.15) is 58.3 Å². The molecule has 0 aromatic heterocycles. The standard InChI is InChI=1S/C20H31NO9/c1-3-18(23)28-12-7-4-8-19(24)29-16-10-13-27-17(14-16)21-30-20(25)9-5-6-11-26-15(2)22/h3,16-17,21H,1,4-14H2,2H3. The molecule has 1 rings (SSSR count). The van der Waals surface area contributed by atoms with Crippen LogP contribution in [0.3, 0.4) is 0 Å². The number of hydrogen-bond donors (Lipinski definition) is 1. The van der Waals surface area contributed by atoms with E-state index in [-0.39, 0.29) is 44.1 Å². The molecule has 0 saturated carbocycles. The van der Waals surface area contributed by atoms with E-state index in [0.29, 0.717) is 45.1 Å². The summed E-state index contributed by atoms with van der Waals surface area (Å²) in [5.74, 6) is -1.61. The van der Waals surface area contributed by atoms with Crippen LogP contribution in [0.15, 0.2) is 12.7 Å². The number of esters is 3. The fraction of sp³-hybridized carbons (Fsp3) is 0.700. The SMILES string of the molecule is C=CC(=O)OCCCCC(=O)OC1CCOC(NOC(=O)CCCCOC(C)=O)C1. The summed E-state index contributed by atoms with van der Waals surface area (Å²) in [5, 5.41) is 0. The minimum atomic E-state index is -0.556. The maximum absolute atomic E-state index is 11.9. The second-order valence-electron chi connectivity index (χ2n) is 6.71. The van der Waals surface area contributed by atoms with Crippen LogP contribution in [0.2, 0.25) is 0 Å². The summed E-state index contributed by atoms with van der Waals surface area (Å²) in [6, 6.07) is 0. The molecule has 0 spiro atoms. The molecule has 170 valence electrons. The van der Waals surface area contributed by atoms with E-state index in [1.165, 1.54) is 6.92 Å². The van der Waals surface area contributed by atoms with Crippen molar-refractivity contribution in [1.29, 1.82) is 0 Å². The van der Waals surface area contributed by atoms with Gasteiger partial charge in [0.2, 0.25) is 0 Å². The van der Waals surface area contributed by atoms with Gasteiger partial charge in [-0.15, -0.1) is 5.48 Å². The molecule has 1 N–H and O–H groups in total. The van der Waals surface area contributed by atoms with E-state index < -0.39 is 18.2 Å². The van der Waals surface area contributed by atoms with E-state index in [1.54, 1.807) is 0 Å². The van der Waals surface area contributed by atoms with Gasteiger partial charge in [-0.3, -0.25) is 14.4 Å². The van der Waals surface area contributed by atoms with Crippen molar-refractivity contribution in [2.45, 2.75) is 70.6 Å². The molecule has 10 nitrogen and oxygen atoms in total. The number of rotatable bonds is 14. The Hall–Kier alpha value is -2.46. The van der Waals surface area contributed by atoms with Gasteiger partial charge in [0.1, 0.15) is 12.3 Å². The van der Waals surface area contributed by atoms with Crippen molar-refractivity contribution in [3.05, 3.63) is 12.7 Å². The van der Waals surface area contributed by atoms with Gasteiger partial charge >= 0.3 is 23.9 Å². The summed E-state index contributed by atoms with van der Waals surface area (Å²) in [4.78, 5) is 50.1. The van der Waals surface area contributed by atoms with Gasteiger partial charge in [-0.25, -0.2) is 4.79 Å². The van der Waals surface area contributed by atoms with Crippen LogP contribution in [0.4, 0.5) is 0 Å². The minimum Gasteiger partial charge on any atom is -0.466 e. The highest BCUT2D eigenvalue weighted by molar-refractivity contribution is 5.81. The first kappa shape index (κ1) is 25.6. The topological polar surface area (TPSA) is 126 Å². The van der Waals surface area contributed by atoms with Gasteiger partial charge in [-0.1, -0.05) is 6.58 Å². The van der Waals surface area contributed by atoms with Gasteiger partial charge in [0, 0.05) is 38.7 Å². The van der Waals surface area contributed by atoms with E-state index in [1.807, 2.05) is 0 Å². The van der Waals surface area contributed by atoms with Crippen molar-refractivity contribution >= 4 is 23.9 Å². The van der Waals surface area contributed by atoms with Crippen LogP contribution in [0.25, 0.3) is 0 Å². The maximum Gasteiger partial charge on any atom is 0.330 e. The molecule has 0 amide bonds.